The normalized spacial score (nSPS) is 14.5. The number of esters is 1. The van der Waals surface area contributed by atoms with Gasteiger partial charge in [-0.05, 0) is 24.6 Å². The molecule has 1 saturated heterocycles. The molecule has 1 N–H and O–H groups in total. The summed E-state index contributed by atoms with van der Waals surface area (Å²) >= 11 is 0. The number of amides is 1. The molecule has 1 amide bonds. The molecule has 0 atom stereocenters. The average molecular weight is 477 g/mol. The number of sulfonamides is 1. The molecular weight excluding hydrogens is 454 g/mol. The van der Waals surface area contributed by atoms with Gasteiger partial charge in [0.05, 0.1) is 29.5 Å². The molecule has 0 saturated carbocycles. The van der Waals surface area contributed by atoms with Gasteiger partial charge in [-0.15, -0.1) is 0 Å². The molecule has 33 heavy (non-hydrogen) atoms. The lowest BCUT2D eigenvalue weighted by Gasteiger charge is -2.26. The minimum Gasteiger partial charge on any atom is -0.455 e. The molecule has 176 valence electrons. The van der Waals surface area contributed by atoms with Crippen molar-refractivity contribution in [3.8, 4) is 0 Å². The number of carbonyl (C=O) groups excluding carboxylic acids is 2. The minimum atomic E-state index is -3.76. The molecule has 0 unspecified atom stereocenters. The maximum atomic E-state index is 13.0. The topological polar surface area (TPSA) is 145 Å². The molecule has 1 aliphatic rings. The summed E-state index contributed by atoms with van der Waals surface area (Å²) in [5.74, 6) is -1.48. The highest BCUT2D eigenvalue weighted by molar-refractivity contribution is 7.89. The maximum absolute atomic E-state index is 13.0. The van der Waals surface area contributed by atoms with Crippen LogP contribution >= 0.6 is 0 Å². The molecule has 0 spiro atoms. The Labute approximate surface area is 190 Å². The van der Waals surface area contributed by atoms with E-state index < -0.39 is 33.4 Å². The van der Waals surface area contributed by atoms with Gasteiger partial charge in [-0.1, -0.05) is 24.3 Å². The number of nitrogens with zero attached hydrogens (tertiary/aromatic N) is 2. The number of nitro benzene ring substituents is 1. The predicted molar refractivity (Wildman–Crippen MR) is 117 cm³/mol. The van der Waals surface area contributed by atoms with E-state index in [2.05, 4.69) is 5.32 Å². The SMILES string of the molecule is Cc1ccc(NC(=O)COC(=O)Cc2ccccc2[N+](=O)[O-])cc1S(=O)(=O)N1CCOCC1. The third kappa shape index (κ3) is 6.12. The van der Waals surface area contributed by atoms with E-state index in [0.29, 0.717) is 18.8 Å². The molecule has 0 aliphatic carbocycles. The van der Waals surface area contributed by atoms with E-state index in [9.17, 15) is 28.1 Å². The highest BCUT2D eigenvalue weighted by atomic mass is 32.2. The van der Waals surface area contributed by atoms with Crippen molar-refractivity contribution < 1.29 is 32.4 Å². The van der Waals surface area contributed by atoms with Crippen LogP contribution in [0.15, 0.2) is 47.4 Å². The first-order valence-electron chi connectivity index (χ1n) is 10.0. The van der Waals surface area contributed by atoms with Crippen LogP contribution in [0.2, 0.25) is 0 Å². The van der Waals surface area contributed by atoms with Gasteiger partial charge in [0, 0.05) is 30.4 Å². The second kappa shape index (κ2) is 10.5. The Morgan fingerprint density at radius 1 is 1.18 bits per heavy atom. The number of hydrogen-bond donors (Lipinski definition) is 1. The summed E-state index contributed by atoms with van der Waals surface area (Å²) in [4.78, 5) is 34.7. The largest absolute Gasteiger partial charge is 0.455 e. The third-order valence-corrected chi connectivity index (χ3v) is 6.99. The number of nitrogens with one attached hydrogen (secondary N) is 1. The van der Waals surface area contributed by atoms with Gasteiger partial charge in [-0.25, -0.2) is 8.42 Å². The van der Waals surface area contributed by atoms with Crippen LogP contribution in [0.5, 0.6) is 0 Å². The Kier molecular flexibility index (Phi) is 7.74. The number of ether oxygens (including phenoxy) is 2. The Bertz CT molecular complexity index is 1160. The Morgan fingerprint density at radius 2 is 1.88 bits per heavy atom. The Balaban J connectivity index is 1.61. The molecule has 11 nitrogen and oxygen atoms in total. The van der Waals surface area contributed by atoms with Crippen molar-refractivity contribution in [1.82, 2.24) is 4.31 Å². The van der Waals surface area contributed by atoms with Crippen LogP contribution in [-0.4, -0.2) is 62.4 Å². The molecule has 1 heterocycles. The van der Waals surface area contributed by atoms with Crippen molar-refractivity contribution in [3.63, 3.8) is 0 Å². The van der Waals surface area contributed by atoms with Crippen LogP contribution in [0, 0.1) is 17.0 Å². The monoisotopic (exact) mass is 477 g/mol. The zero-order chi connectivity index (χ0) is 24.0. The lowest BCUT2D eigenvalue weighted by molar-refractivity contribution is -0.385. The van der Waals surface area contributed by atoms with E-state index >= 15 is 0 Å². The van der Waals surface area contributed by atoms with Gasteiger partial charge in [0.15, 0.2) is 6.61 Å². The van der Waals surface area contributed by atoms with Gasteiger partial charge in [0.1, 0.15) is 0 Å². The van der Waals surface area contributed by atoms with Crippen molar-refractivity contribution >= 4 is 33.3 Å². The number of hydrogen-bond acceptors (Lipinski definition) is 8. The summed E-state index contributed by atoms with van der Waals surface area (Å²) in [5, 5.41) is 13.5. The van der Waals surface area contributed by atoms with Gasteiger partial charge in [0.25, 0.3) is 11.6 Å². The maximum Gasteiger partial charge on any atom is 0.311 e. The predicted octanol–water partition coefficient (Wildman–Crippen LogP) is 1.65. The molecule has 2 aromatic rings. The number of benzene rings is 2. The first-order valence-corrected chi connectivity index (χ1v) is 11.5. The van der Waals surface area contributed by atoms with Crippen LogP contribution in [0.4, 0.5) is 11.4 Å². The standard InChI is InChI=1S/C21H23N3O8S/c1-15-6-7-17(13-19(15)33(29,30)23-8-10-31-11-9-23)22-20(25)14-32-21(26)12-16-4-2-3-5-18(16)24(27)28/h2-7,13H,8-12,14H2,1H3,(H,22,25). The molecule has 12 heteroatoms. The molecule has 2 aromatic carbocycles. The smallest absolute Gasteiger partial charge is 0.311 e. The second-order valence-electron chi connectivity index (χ2n) is 7.27. The first-order chi connectivity index (χ1) is 15.7. The van der Waals surface area contributed by atoms with Gasteiger partial charge in [-0.3, -0.25) is 19.7 Å². The summed E-state index contributed by atoms with van der Waals surface area (Å²) < 4.78 is 37.3. The van der Waals surface area contributed by atoms with E-state index in [-0.39, 0.29) is 41.3 Å². The molecule has 1 fully saturated rings. The lowest BCUT2D eigenvalue weighted by atomic mass is 10.1. The average Bonchev–Trinajstić information content (AvgIpc) is 2.79. The number of anilines is 1. The number of morpholine rings is 1. The Morgan fingerprint density at radius 3 is 2.58 bits per heavy atom. The minimum absolute atomic E-state index is 0.0654. The fourth-order valence-electron chi connectivity index (χ4n) is 3.27. The highest BCUT2D eigenvalue weighted by Gasteiger charge is 2.28. The summed E-state index contributed by atoms with van der Waals surface area (Å²) in [6.07, 6.45) is -0.364. The Hall–Kier alpha value is -3.35. The lowest BCUT2D eigenvalue weighted by Crippen LogP contribution is -2.40. The highest BCUT2D eigenvalue weighted by Crippen LogP contribution is 2.24. The molecule has 0 radical (unpaired) electrons. The van der Waals surface area contributed by atoms with E-state index in [1.54, 1.807) is 25.1 Å². The van der Waals surface area contributed by atoms with Crippen molar-refractivity contribution in [2.24, 2.45) is 0 Å². The van der Waals surface area contributed by atoms with Crippen molar-refractivity contribution in [2.45, 2.75) is 18.2 Å². The van der Waals surface area contributed by atoms with E-state index in [4.69, 9.17) is 9.47 Å². The fraction of sp³-hybridized carbons (Fsp3) is 0.333. The van der Waals surface area contributed by atoms with Crippen LogP contribution in [0.3, 0.4) is 0 Å². The quantitative estimate of drug-likeness (QED) is 0.343. The first kappa shape index (κ1) is 24.3. The van der Waals surface area contributed by atoms with Gasteiger partial charge in [0.2, 0.25) is 10.0 Å². The van der Waals surface area contributed by atoms with Crippen LogP contribution in [0.1, 0.15) is 11.1 Å². The number of nitro groups is 1. The zero-order valence-corrected chi connectivity index (χ0v) is 18.7. The molecule has 0 bridgehead atoms. The van der Waals surface area contributed by atoms with Gasteiger partial charge < -0.3 is 14.8 Å². The van der Waals surface area contributed by atoms with Crippen LogP contribution in [0.25, 0.3) is 0 Å². The number of rotatable bonds is 8. The van der Waals surface area contributed by atoms with E-state index in [1.165, 1.54) is 28.6 Å². The second-order valence-corrected chi connectivity index (χ2v) is 9.17. The van der Waals surface area contributed by atoms with Crippen molar-refractivity contribution in [1.29, 1.82) is 0 Å². The summed E-state index contributed by atoms with van der Waals surface area (Å²) in [6.45, 7) is 2.14. The van der Waals surface area contributed by atoms with E-state index in [0.717, 1.165) is 0 Å². The summed E-state index contributed by atoms with van der Waals surface area (Å²) in [5.41, 5.74) is 0.708. The third-order valence-electron chi connectivity index (χ3n) is 4.95. The molecular formula is C21H23N3O8S. The number of carbonyl (C=O) groups is 2. The molecule has 0 aromatic heterocycles. The van der Waals surface area contributed by atoms with Gasteiger partial charge >= 0.3 is 5.97 Å². The number of para-hydroxylation sites is 1. The summed E-state index contributed by atoms with van der Waals surface area (Å²) in [7, 11) is -3.76. The van der Waals surface area contributed by atoms with Crippen LogP contribution < -0.4 is 5.32 Å². The zero-order valence-electron chi connectivity index (χ0n) is 17.9. The van der Waals surface area contributed by atoms with Gasteiger partial charge in [-0.2, -0.15) is 4.31 Å². The molecule has 1 aliphatic heterocycles. The number of aryl methyl sites for hydroxylation is 1. The van der Waals surface area contributed by atoms with Crippen LogP contribution in [-0.2, 0) is 35.5 Å². The van der Waals surface area contributed by atoms with E-state index in [1.807, 2.05) is 0 Å². The van der Waals surface area contributed by atoms with Crippen molar-refractivity contribution in [3.05, 3.63) is 63.7 Å². The van der Waals surface area contributed by atoms with Crippen molar-refractivity contribution in [2.75, 3.05) is 38.2 Å². The molecule has 3 rings (SSSR count). The summed E-state index contributed by atoms with van der Waals surface area (Å²) in [6, 6.07) is 10.2. The fourth-order valence-corrected chi connectivity index (χ4v) is 4.93.